The molecule has 1 aromatic carbocycles. The van der Waals surface area contributed by atoms with Gasteiger partial charge in [-0.05, 0) is 52.0 Å². The molecule has 0 saturated heterocycles. The fourth-order valence-electron chi connectivity index (χ4n) is 1.83. The average Bonchev–Trinajstić information content (AvgIpc) is 2.84. The van der Waals surface area contributed by atoms with Gasteiger partial charge in [-0.3, -0.25) is 4.79 Å². The fourth-order valence-corrected chi connectivity index (χ4v) is 4.23. The summed E-state index contributed by atoms with van der Waals surface area (Å²) in [6, 6.07) is 8.00. The Morgan fingerprint density at radius 2 is 2.05 bits per heavy atom. The smallest absolute Gasteiger partial charge is 0.243 e. The van der Waals surface area contributed by atoms with Gasteiger partial charge in [-0.25, -0.2) is 8.42 Å². The third-order valence-electron chi connectivity index (χ3n) is 2.98. The summed E-state index contributed by atoms with van der Waals surface area (Å²) in [4.78, 5) is 11.5. The van der Waals surface area contributed by atoms with Crippen molar-refractivity contribution in [2.75, 3.05) is 7.05 Å². The molecule has 0 atom stereocenters. The van der Waals surface area contributed by atoms with Crippen LogP contribution in [-0.2, 0) is 16.6 Å². The Bertz CT molecular complexity index is 768. The molecule has 112 valence electrons. The van der Waals surface area contributed by atoms with E-state index < -0.39 is 10.0 Å². The molecule has 0 fully saturated rings. The van der Waals surface area contributed by atoms with E-state index in [1.165, 1.54) is 41.7 Å². The SMILES string of the molecule is CC(=O)c1cccc(S(=O)(=O)N(C)Cc2csc(Br)c2)c1. The molecule has 0 N–H and O–H groups in total. The zero-order chi connectivity index (χ0) is 15.6. The molecule has 7 heteroatoms. The molecule has 2 rings (SSSR count). The van der Waals surface area contributed by atoms with Crippen LogP contribution in [0.25, 0.3) is 0 Å². The molecule has 2 aromatic rings. The number of hydrogen-bond acceptors (Lipinski definition) is 4. The summed E-state index contributed by atoms with van der Waals surface area (Å²) in [5.74, 6) is -0.156. The molecule has 0 amide bonds. The zero-order valence-electron chi connectivity index (χ0n) is 11.5. The Labute approximate surface area is 136 Å². The second kappa shape index (κ2) is 6.39. The quantitative estimate of drug-likeness (QED) is 0.737. The van der Waals surface area contributed by atoms with Gasteiger partial charge in [0.1, 0.15) is 0 Å². The van der Waals surface area contributed by atoms with Crippen LogP contribution >= 0.6 is 27.3 Å². The van der Waals surface area contributed by atoms with Crippen molar-refractivity contribution >= 4 is 43.1 Å². The number of Topliss-reactive ketones (excluding diaryl/α,β-unsaturated/α-hetero) is 1. The molecule has 0 aliphatic heterocycles. The van der Waals surface area contributed by atoms with Gasteiger partial charge in [-0.2, -0.15) is 4.31 Å². The number of carbonyl (C=O) groups excluding carboxylic acids is 1. The van der Waals surface area contributed by atoms with Crippen LogP contribution in [0.5, 0.6) is 0 Å². The Kier molecular flexibility index (Phi) is 4.98. The minimum Gasteiger partial charge on any atom is -0.295 e. The van der Waals surface area contributed by atoms with Gasteiger partial charge < -0.3 is 0 Å². The summed E-state index contributed by atoms with van der Waals surface area (Å²) >= 11 is 4.87. The highest BCUT2D eigenvalue weighted by molar-refractivity contribution is 9.11. The number of hydrogen-bond donors (Lipinski definition) is 0. The lowest BCUT2D eigenvalue weighted by Gasteiger charge is -2.17. The highest BCUT2D eigenvalue weighted by Crippen LogP contribution is 2.24. The van der Waals surface area contributed by atoms with Crippen molar-refractivity contribution in [2.24, 2.45) is 0 Å². The summed E-state index contributed by atoms with van der Waals surface area (Å²) in [6.45, 7) is 1.70. The van der Waals surface area contributed by atoms with E-state index in [1.54, 1.807) is 12.1 Å². The minimum absolute atomic E-state index is 0.131. The molecule has 0 unspecified atom stereocenters. The lowest BCUT2D eigenvalue weighted by atomic mass is 10.2. The van der Waals surface area contributed by atoms with E-state index in [0.29, 0.717) is 5.56 Å². The average molecular weight is 388 g/mol. The third-order valence-corrected chi connectivity index (χ3v) is 6.33. The number of sulfonamides is 1. The van der Waals surface area contributed by atoms with Crippen LogP contribution < -0.4 is 0 Å². The predicted octanol–water partition coefficient (Wildman–Crippen LogP) is 3.53. The Hall–Kier alpha value is -1.02. The standard InChI is InChI=1S/C14H14BrNO3S2/c1-10(17)12-4-3-5-13(7-12)21(18,19)16(2)8-11-6-14(15)20-9-11/h3-7,9H,8H2,1-2H3. The first-order chi connectivity index (χ1) is 9.80. The number of rotatable bonds is 5. The zero-order valence-corrected chi connectivity index (χ0v) is 14.8. The Balaban J connectivity index is 2.28. The van der Waals surface area contributed by atoms with Crippen molar-refractivity contribution in [3.8, 4) is 0 Å². The first kappa shape index (κ1) is 16.4. The van der Waals surface area contributed by atoms with Gasteiger partial charge in [-0.1, -0.05) is 12.1 Å². The largest absolute Gasteiger partial charge is 0.295 e. The maximum Gasteiger partial charge on any atom is 0.243 e. The molecule has 1 heterocycles. The molecule has 0 aliphatic carbocycles. The summed E-state index contributed by atoms with van der Waals surface area (Å²) in [6.07, 6.45) is 0. The molecular weight excluding hydrogens is 374 g/mol. The van der Waals surface area contributed by atoms with E-state index in [0.717, 1.165) is 9.35 Å². The third kappa shape index (κ3) is 3.79. The number of thiophene rings is 1. The van der Waals surface area contributed by atoms with E-state index in [1.807, 2.05) is 11.4 Å². The lowest BCUT2D eigenvalue weighted by Crippen LogP contribution is -2.26. The molecule has 0 aliphatic rings. The Morgan fingerprint density at radius 1 is 1.33 bits per heavy atom. The van der Waals surface area contributed by atoms with Crippen molar-refractivity contribution in [3.05, 3.63) is 50.6 Å². The molecular formula is C14H14BrNO3S2. The molecule has 0 bridgehead atoms. The first-order valence-corrected chi connectivity index (χ1v) is 9.22. The maximum atomic E-state index is 12.5. The van der Waals surface area contributed by atoms with Crippen LogP contribution in [0.3, 0.4) is 0 Å². The second-order valence-electron chi connectivity index (χ2n) is 4.60. The van der Waals surface area contributed by atoms with Gasteiger partial charge in [0.25, 0.3) is 0 Å². The van der Waals surface area contributed by atoms with Gasteiger partial charge in [0.2, 0.25) is 10.0 Å². The monoisotopic (exact) mass is 387 g/mol. The number of ketones is 1. The van der Waals surface area contributed by atoms with Crippen molar-refractivity contribution < 1.29 is 13.2 Å². The highest BCUT2D eigenvalue weighted by atomic mass is 79.9. The molecule has 1 aromatic heterocycles. The van der Waals surface area contributed by atoms with Crippen molar-refractivity contribution in [3.63, 3.8) is 0 Å². The van der Waals surface area contributed by atoms with Crippen LogP contribution in [0.15, 0.2) is 44.4 Å². The summed E-state index contributed by atoms with van der Waals surface area (Å²) < 4.78 is 27.3. The van der Waals surface area contributed by atoms with Crippen molar-refractivity contribution in [1.82, 2.24) is 4.31 Å². The van der Waals surface area contributed by atoms with Gasteiger partial charge in [-0.15, -0.1) is 11.3 Å². The van der Waals surface area contributed by atoms with Gasteiger partial charge >= 0.3 is 0 Å². The highest BCUT2D eigenvalue weighted by Gasteiger charge is 2.22. The van der Waals surface area contributed by atoms with E-state index in [-0.39, 0.29) is 17.2 Å². The number of halogens is 1. The van der Waals surface area contributed by atoms with Crippen LogP contribution in [0, 0.1) is 0 Å². The predicted molar refractivity (Wildman–Crippen MR) is 87.1 cm³/mol. The summed E-state index contributed by atoms with van der Waals surface area (Å²) in [5.41, 5.74) is 1.31. The topological polar surface area (TPSA) is 54.5 Å². The van der Waals surface area contributed by atoms with Gasteiger partial charge in [0.05, 0.1) is 8.68 Å². The van der Waals surface area contributed by atoms with E-state index >= 15 is 0 Å². The molecule has 4 nitrogen and oxygen atoms in total. The van der Waals surface area contributed by atoms with E-state index in [9.17, 15) is 13.2 Å². The maximum absolute atomic E-state index is 12.5. The lowest BCUT2D eigenvalue weighted by molar-refractivity contribution is 0.101. The molecule has 0 radical (unpaired) electrons. The van der Waals surface area contributed by atoms with Crippen LogP contribution in [-0.4, -0.2) is 25.6 Å². The number of carbonyl (C=O) groups is 1. The number of benzene rings is 1. The normalized spacial score (nSPS) is 11.8. The van der Waals surface area contributed by atoms with Gasteiger partial charge in [0, 0.05) is 19.2 Å². The van der Waals surface area contributed by atoms with Crippen LogP contribution in [0.1, 0.15) is 22.8 Å². The minimum atomic E-state index is -3.61. The summed E-state index contributed by atoms with van der Waals surface area (Å²) in [7, 11) is -2.08. The van der Waals surface area contributed by atoms with Crippen molar-refractivity contribution in [2.45, 2.75) is 18.4 Å². The second-order valence-corrected chi connectivity index (χ2v) is 8.94. The van der Waals surface area contributed by atoms with E-state index in [2.05, 4.69) is 15.9 Å². The molecule has 21 heavy (non-hydrogen) atoms. The Morgan fingerprint density at radius 3 is 2.62 bits per heavy atom. The molecule has 0 spiro atoms. The fraction of sp³-hybridized carbons (Fsp3) is 0.214. The number of nitrogens with zero attached hydrogens (tertiary/aromatic N) is 1. The van der Waals surface area contributed by atoms with Crippen molar-refractivity contribution in [1.29, 1.82) is 0 Å². The molecule has 0 saturated carbocycles. The summed E-state index contributed by atoms with van der Waals surface area (Å²) in [5, 5.41) is 1.90. The van der Waals surface area contributed by atoms with Crippen LogP contribution in [0.4, 0.5) is 0 Å². The van der Waals surface area contributed by atoms with Gasteiger partial charge in [0.15, 0.2) is 5.78 Å². The first-order valence-electron chi connectivity index (χ1n) is 6.11. The van der Waals surface area contributed by atoms with E-state index in [4.69, 9.17) is 0 Å². The van der Waals surface area contributed by atoms with Crippen LogP contribution in [0.2, 0.25) is 0 Å².